The van der Waals surface area contributed by atoms with Crippen LogP contribution >= 0.6 is 15.9 Å². The molecule has 3 N–H and O–H groups in total. The van der Waals surface area contributed by atoms with Crippen molar-refractivity contribution >= 4 is 48.8 Å². The van der Waals surface area contributed by atoms with Crippen LogP contribution in [0, 0.1) is 0 Å². The molecule has 0 fully saturated rings. The Labute approximate surface area is 157 Å². The van der Waals surface area contributed by atoms with Crippen LogP contribution in [-0.4, -0.2) is 23.9 Å². The number of carbonyl (C=O) groups is 1. The number of anilines is 1. The van der Waals surface area contributed by atoms with Crippen molar-refractivity contribution < 1.29 is 13.2 Å². The number of hydrogen-bond donors (Lipinski definition) is 3. The molecule has 2 aromatic carbocycles. The number of rotatable bonds is 5. The van der Waals surface area contributed by atoms with Crippen LogP contribution in [-0.2, 0) is 16.8 Å². The zero-order valence-electron chi connectivity index (χ0n) is 13.6. The van der Waals surface area contributed by atoms with E-state index in [2.05, 4.69) is 25.6 Å². The van der Waals surface area contributed by atoms with Gasteiger partial charge in [-0.15, -0.1) is 0 Å². The maximum atomic E-state index is 12.3. The summed E-state index contributed by atoms with van der Waals surface area (Å²) in [4.78, 5) is 26.8. The highest BCUT2D eigenvalue weighted by atomic mass is 79.9. The second-order valence-electron chi connectivity index (χ2n) is 5.45. The number of H-pyrrole nitrogens is 1. The molecule has 0 saturated carbocycles. The van der Waals surface area contributed by atoms with E-state index in [-0.39, 0.29) is 11.3 Å². The Balaban J connectivity index is 1.83. The second-order valence-corrected chi connectivity index (χ2v) is 7.78. The molecule has 8 nitrogen and oxygen atoms in total. The molecule has 0 spiro atoms. The van der Waals surface area contributed by atoms with Crippen LogP contribution in [0.25, 0.3) is 11.0 Å². The summed E-state index contributed by atoms with van der Waals surface area (Å²) in [5.74, 6) is -0.798. The highest BCUT2D eigenvalue weighted by Gasteiger charge is 2.17. The fourth-order valence-electron chi connectivity index (χ4n) is 2.49. The van der Waals surface area contributed by atoms with Crippen molar-refractivity contribution in [2.24, 2.45) is 0 Å². The first-order valence-electron chi connectivity index (χ1n) is 7.62. The van der Waals surface area contributed by atoms with E-state index in [0.29, 0.717) is 23.3 Å². The molecule has 1 amide bonds. The molecule has 1 aromatic heterocycles. The number of carbonyl (C=O) groups excluding carboxylic acids is 1. The number of imidazole rings is 1. The van der Waals surface area contributed by atoms with Crippen molar-refractivity contribution in [3.63, 3.8) is 0 Å². The maximum Gasteiger partial charge on any atom is 0.326 e. The van der Waals surface area contributed by atoms with Crippen LogP contribution in [0.5, 0.6) is 0 Å². The minimum atomic E-state index is -4.10. The van der Waals surface area contributed by atoms with Gasteiger partial charge in [-0.25, -0.2) is 9.52 Å². The van der Waals surface area contributed by atoms with Gasteiger partial charge in [-0.1, -0.05) is 15.9 Å². The molecular weight excluding hydrogens is 424 g/mol. The third-order valence-corrected chi connectivity index (χ3v) is 5.16. The molecule has 26 heavy (non-hydrogen) atoms. The lowest BCUT2D eigenvalue weighted by Crippen LogP contribution is -2.35. The Hall–Kier alpha value is -2.59. The summed E-state index contributed by atoms with van der Waals surface area (Å²) in [6, 6.07) is 10.9. The molecule has 0 unspecified atom stereocenters. The number of hydrogen-bond acceptors (Lipinski definition) is 4. The molecule has 0 aliphatic carbocycles. The Kier molecular flexibility index (Phi) is 4.88. The van der Waals surface area contributed by atoms with Crippen LogP contribution in [0.1, 0.15) is 17.3 Å². The Bertz CT molecular complexity index is 1130. The summed E-state index contributed by atoms with van der Waals surface area (Å²) in [7, 11) is -4.10. The number of aromatic nitrogens is 2. The van der Waals surface area contributed by atoms with Crippen LogP contribution in [0.15, 0.2) is 51.7 Å². The van der Waals surface area contributed by atoms with Gasteiger partial charge in [-0.05, 0) is 49.4 Å². The number of nitrogens with zero attached hydrogens (tertiary/aromatic N) is 1. The third-order valence-electron chi connectivity index (χ3n) is 3.68. The van der Waals surface area contributed by atoms with Gasteiger partial charge in [0, 0.05) is 16.6 Å². The number of aryl methyl sites for hydroxylation is 1. The Morgan fingerprint density at radius 2 is 1.88 bits per heavy atom. The first-order valence-corrected chi connectivity index (χ1v) is 9.89. The van der Waals surface area contributed by atoms with Gasteiger partial charge < -0.3 is 4.98 Å². The minimum Gasteiger partial charge on any atom is -0.306 e. The second kappa shape index (κ2) is 6.96. The summed E-state index contributed by atoms with van der Waals surface area (Å²) >= 11 is 3.26. The van der Waals surface area contributed by atoms with E-state index in [1.807, 2.05) is 4.72 Å². The van der Waals surface area contributed by atoms with Crippen LogP contribution in [0.4, 0.5) is 5.69 Å². The SMILES string of the molecule is CCn1c(=O)[nH]c2ccc(C(=O)NS(=O)(=O)Nc3ccc(Br)cc3)cc21. The largest absolute Gasteiger partial charge is 0.326 e. The van der Waals surface area contributed by atoms with Crippen LogP contribution in [0.3, 0.4) is 0 Å². The van der Waals surface area contributed by atoms with Crippen molar-refractivity contribution in [2.45, 2.75) is 13.5 Å². The van der Waals surface area contributed by atoms with Gasteiger partial charge in [0.05, 0.1) is 16.7 Å². The van der Waals surface area contributed by atoms with Crippen molar-refractivity contribution in [3.8, 4) is 0 Å². The minimum absolute atomic E-state index is 0.125. The molecule has 10 heteroatoms. The summed E-state index contributed by atoms with van der Waals surface area (Å²) < 4.78 is 30.8. The van der Waals surface area contributed by atoms with E-state index in [1.165, 1.54) is 16.7 Å². The maximum absolute atomic E-state index is 12.3. The number of benzene rings is 2. The van der Waals surface area contributed by atoms with Gasteiger partial charge in [-0.2, -0.15) is 8.42 Å². The molecule has 3 rings (SSSR count). The van der Waals surface area contributed by atoms with Crippen LogP contribution in [0.2, 0.25) is 0 Å². The average Bonchev–Trinajstić information content (AvgIpc) is 2.90. The van der Waals surface area contributed by atoms with Gasteiger partial charge in [0.15, 0.2) is 0 Å². The van der Waals surface area contributed by atoms with Gasteiger partial charge in [0.25, 0.3) is 5.91 Å². The van der Waals surface area contributed by atoms with Crippen molar-refractivity contribution in [3.05, 3.63) is 63.0 Å². The highest BCUT2D eigenvalue weighted by molar-refractivity contribution is 9.10. The molecule has 1 heterocycles. The molecule has 0 aliphatic heterocycles. The molecular formula is C16H15BrN4O4S. The molecule has 0 aliphatic rings. The number of halogens is 1. The summed E-state index contributed by atoms with van der Waals surface area (Å²) in [5, 5.41) is 0. The molecule has 3 aromatic rings. The predicted molar refractivity (Wildman–Crippen MR) is 102 cm³/mol. The van der Waals surface area contributed by atoms with Crippen molar-refractivity contribution in [1.82, 2.24) is 14.3 Å². The topological polar surface area (TPSA) is 113 Å². The number of amides is 1. The van der Waals surface area contributed by atoms with Gasteiger partial charge in [0.1, 0.15) is 0 Å². The van der Waals surface area contributed by atoms with E-state index in [1.54, 1.807) is 37.3 Å². The molecule has 0 atom stereocenters. The van der Waals surface area contributed by atoms with E-state index in [4.69, 9.17) is 0 Å². The molecule has 0 bridgehead atoms. The van der Waals surface area contributed by atoms with Gasteiger partial charge in [-0.3, -0.25) is 14.1 Å². The first kappa shape index (κ1) is 18.2. The third kappa shape index (κ3) is 3.81. The normalized spacial score (nSPS) is 11.5. The lowest BCUT2D eigenvalue weighted by molar-refractivity contribution is 0.0981. The molecule has 0 radical (unpaired) electrons. The summed E-state index contributed by atoms with van der Waals surface area (Å²) in [6.07, 6.45) is 0. The highest BCUT2D eigenvalue weighted by Crippen LogP contribution is 2.16. The van der Waals surface area contributed by atoms with Gasteiger partial charge >= 0.3 is 15.9 Å². The zero-order chi connectivity index (χ0) is 18.9. The van der Waals surface area contributed by atoms with E-state index in [0.717, 1.165) is 4.47 Å². The zero-order valence-corrected chi connectivity index (χ0v) is 16.0. The lowest BCUT2D eigenvalue weighted by atomic mass is 10.2. The standard InChI is InChI=1S/C16H15BrN4O4S/c1-2-21-14-9-10(3-8-13(14)18-16(21)23)15(22)20-26(24,25)19-12-6-4-11(17)5-7-12/h3-9,19H,2H2,1H3,(H,18,23)(H,20,22). The summed E-state index contributed by atoms with van der Waals surface area (Å²) in [6.45, 7) is 2.22. The Morgan fingerprint density at radius 3 is 2.54 bits per heavy atom. The van der Waals surface area contributed by atoms with Crippen LogP contribution < -0.4 is 15.1 Å². The van der Waals surface area contributed by atoms with Crippen molar-refractivity contribution in [2.75, 3.05) is 4.72 Å². The first-order chi connectivity index (χ1) is 12.3. The van der Waals surface area contributed by atoms with Gasteiger partial charge in [0.2, 0.25) is 0 Å². The van der Waals surface area contributed by atoms with Crippen molar-refractivity contribution in [1.29, 1.82) is 0 Å². The number of aromatic amines is 1. The van der Waals surface area contributed by atoms with E-state index >= 15 is 0 Å². The fourth-order valence-corrected chi connectivity index (χ4v) is 3.61. The van der Waals surface area contributed by atoms with E-state index in [9.17, 15) is 18.0 Å². The Morgan fingerprint density at radius 1 is 1.19 bits per heavy atom. The molecule has 0 saturated heterocycles. The molecule has 136 valence electrons. The lowest BCUT2D eigenvalue weighted by Gasteiger charge is -2.10. The predicted octanol–water partition coefficient (Wildman–Crippen LogP) is 2.20. The fraction of sp³-hybridized carbons (Fsp3) is 0.125. The summed E-state index contributed by atoms with van der Waals surface area (Å²) in [5.41, 5.74) is 1.26. The van der Waals surface area contributed by atoms with E-state index < -0.39 is 16.1 Å². The number of fused-ring (bicyclic) bond motifs is 1. The smallest absolute Gasteiger partial charge is 0.306 e. The average molecular weight is 439 g/mol. The monoisotopic (exact) mass is 438 g/mol. The number of nitrogens with one attached hydrogen (secondary N) is 3. The quantitative estimate of drug-likeness (QED) is 0.566.